The average molecular weight is 668 g/mol. The first-order valence-corrected chi connectivity index (χ1v) is 16.0. The van der Waals surface area contributed by atoms with Crippen molar-refractivity contribution < 1.29 is 19.4 Å². The van der Waals surface area contributed by atoms with Crippen LogP contribution in [0, 0.1) is 5.92 Å². The number of carbonyl (C=O) groups excluding carboxylic acids is 1. The molecule has 0 bridgehead atoms. The molecular formula is C36H37Cl3N2O4. The minimum absolute atomic E-state index is 0.00114. The molecule has 0 aliphatic carbocycles. The van der Waals surface area contributed by atoms with E-state index in [0.717, 1.165) is 46.5 Å². The Morgan fingerprint density at radius 2 is 1.49 bits per heavy atom. The van der Waals surface area contributed by atoms with Gasteiger partial charge in [0.15, 0.2) is 6.29 Å². The highest BCUT2D eigenvalue weighted by Crippen LogP contribution is 2.42. The molecule has 1 aliphatic heterocycles. The molecule has 0 radical (unpaired) electrons. The summed E-state index contributed by atoms with van der Waals surface area (Å²) in [6.07, 6.45) is -0.832. The van der Waals surface area contributed by atoms with Crippen molar-refractivity contribution in [3.8, 4) is 11.1 Å². The number of nitrogens with one attached hydrogen (secondary N) is 1. The molecule has 0 unspecified atom stereocenters. The summed E-state index contributed by atoms with van der Waals surface area (Å²) in [5, 5.41) is 12.2. The molecule has 45 heavy (non-hydrogen) atoms. The predicted molar refractivity (Wildman–Crippen MR) is 180 cm³/mol. The van der Waals surface area contributed by atoms with Crippen LogP contribution in [0.25, 0.3) is 11.1 Å². The zero-order valence-corrected chi connectivity index (χ0v) is 27.5. The topological polar surface area (TPSA) is 71.0 Å². The van der Waals surface area contributed by atoms with Crippen LogP contribution in [0.3, 0.4) is 0 Å². The number of alkyl halides is 3. The van der Waals surface area contributed by atoms with Gasteiger partial charge in [0.05, 0.1) is 18.8 Å². The lowest BCUT2D eigenvalue weighted by Gasteiger charge is -2.42. The number of amides is 1. The largest absolute Gasteiger partial charge is 0.392 e. The van der Waals surface area contributed by atoms with Crippen molar-refractivity contribution in [2.45, 2.75) is 48.9 Å². The summed E-state index contributed by atoms with van der Waals surface area (Å²) in [4.78, 5) is 14.3. The lowest BCUT2D eigenvalue weighted by molar-refractivity contribution is -0.276. The fraction of sp³-hybridized carbons (Fsp3) is 0.306. The summed E-state index contributed by atoms with van der Waals surface area (Å²) in [5.41, 5.74) is 6.96. The van der Waals surface area contributed by atoms with Crippen LogP contribution in [0.15, 0.2) is 103 Å². The molecule has 5 rings (SSSR count). The van der Waals surface area contributed by atoms with Gasteiger partial charge in [0.2, 0.25) is 0 Å². The Morgan fingerprint density at radius 3 is 2.16 bits per heavy atom. The Balaban J connectivity index is 1.34. The van der Waals surface area contributed by atoms with Crippen molar-refractivity contribution in [2.24, 2.45) is 5.92 Å². The van der Waals surface area contributed by atoms with E-state index in [0.29, 0.717) is 0 Å². The third-order valence-electron chi connectivity index (χ3n) is 8.06. The second kappa shape index (κ2) is 15.1. The first-order valence-electron chi connectivity index (χ1n) is 14.9. The van der Waals surface area contributed by atoms with Gasteiger partial charge >= 0.3 is 0 Å². The van der Waals surface area contributed by atoms with Crippen molar-refractivity contribution in [3.63, 3.8) is 0 Å². The number of hydrogen-bond donors (Lipinski definition) is 2. The smallest absolute Gasteiger partial charge is 0.272 e. The molecule has 1 heterocycles. The van der Waals surface area contributed by atoms with Crippen LogP contribution < -0.4 is 5.32 Å². The van der Waals surface area contributed by atoms with Crippen molar-refractivity contribution >= 4 is 40.7 Å². The number of ether oxygens (including phenoxy) is 2. The molecule has 2 N–H and O–H groups in total. The van der Waals surface area contributed by atoms with Gasteiger partial charge in [-0.3, -0.25) is 9.69 Å². The number of halogens is 3. The maximum Gasteiger partial charge on any atom is 0.272 e. The van der Waals surface area contributed by atoms with Gasteiger partial charge in [-0.15, -0.1) is 0 Å². The lowest BCUT2D eigenvalue weighted by Crippen LogP contribution is -2.43. The van der Waals surface area contributed by atoms with Gasteiger partial charge in [-0.2, -0.15) is 0 Å². The maximum absolute atomic E-state index is 12.0. The Bertz CT molecular complexity index is 1550. The highest BCUT2D eigenvalue weighted by molar-refractivity contribution is 6.76. The summed E-state index contributed by atoms with van der Waals surface area (Å²) < 4.78 is 11.3. The maximum atomic E-state index is 12.0. The first kappa shape index (κ1) is 33.4. The summed E-state index contributed by atoms with van der Waals surface area (Å²) in [7, 11) is 2.12. The lowest BCUT2D eigenvalue weighted by atomic mass is 9.90. The minimum Gasteiger partial charge on any atom is -0.392 e. The second-order valence-corrected chi connectivity index (χ2v) is 13.8. The van der Waals surface area contributed by atoms with Crippen LogP contribution in [-0.2, 0) is 34.0 Å². The van der Waals surface area contributed by atoms with Crippen molar-refractivity contribution in [3.05, 3.63) is 131 Å². The zero-order chi connectivity index (χ0) is 32.0. The molecule has 1 fully saturated rings. The highest BCUT2D eigenvalue weighted by atomic mass is 35.6. The standard InChI is InChI=1S/C36H37Cl3N2O4/c1-24-32(22-41(2)21-25-7-4-3-5-8-25)44-34(45-33(24)29-13-11-26(23-42)12-14-29)30-17-15-28(16-18-30)31-10-6-9-27(19-31)20-40-35(43)36(37,38)39/h3-19,24,32-34,42H,20-23H2,1-2H3,(H,40,43)/t24-,32+,33+,34+/m1/s1. The van der Waals surface area contributed by atoms with E-state index in [9.17, 15) is 9.90 Å². The van der Waals surface area contributed by atoms with Crippen LogP contribution in [0.1, 0.15) is 47.1 Å². The number of nitrogens with zero attached hydrogens (tertiary/aromatic N) is 1. The van der Waals surface area contributed by atoms with E-state index in [2.05, 4.69) is 48.5 Å². The summed E-state index contributed by atoms with van der Waals surface area (Å²) >= 11 is 17.0. The fourth-order valence-corrected chi connectivity index (χ4v) is 5.77. The molecule has 1 aliphatic rings. The molecule has 236 valence electrons. The van der Waals surface area contributed by atoms with E-state index in [4.69, 9.17) is 44.3 Å². The molecule has 0 saturated carbocycles. The quantitative estimate of drug-likeness (QED) is 0.169. The van der Waals surface area contributed by atoms with Crippen LogP contribution in [0.2, 0.25) is 0 Å². The van der Waals surface area contributed by atoms with E-state index >= 15 is 0 Å². The normalized spacial score (nSPS) is 20.2. The second-order valence-electron chi connectivity index (χ2n) is 11.5. The van der Waals surface area contributed by atoms with E-state index in [1.807, 2.05) is 78.9 Å². The van der Waals surface area contributed by atoms with Crippen molar-refractivity contribution in [1.82, 2.24) is 10.2 Å². The van der Waals surface area contributed by atoms with E-state index in [1.165, 1.54) is 5.56 Å². The number of hydrogen-bond acceptors (Lipinski definition) is 5. The van der Waals surface area contributed by atoms with Crippen LogP contribution in [0.4, 0.5) is 0 Å². The number of aliphatic hydroxyl groups is 1. The molecule has 0 spiro atoms. The molecule has 1 amide bonds. The molecule has 4 aromatic carbocycles. The highest BCUT2D eigenvalue weighted by Gasteiger charge is 2.39. The molecule has 4 aromatic rings. The van der Waals surface area contributed by atoms with Gasteiger partial charge < -0.3 is 19.9 Å². The van der Waals surface area contributed by atoms with Crippen LogP contribution in [0.5, 0.6) is 0 Å². The van der Waals surface area contributed by atoms with Gasteiger partial charge in [0, 0.05) is 31.1 Å². The summed E-state index contributed by atoms with van der Waals surface area (Å²) in [6.45, 7) is 3.96. The molecule has 9 heteroatoms. The SMILES string of the molecule is C[C@@H]1[C@H](CN(C)Cc2ccccc2)O[C@H](c2ccc(-c3cccc(CNC(=O)C(Cl)(Cl)Cl)c3)cc2)O[C@@H]1c1ccc(CO)cc1. The van der Waals surface area contributed by atoms with Crippen molar-refractivity contribution in [1.29, 1.82) is 0 Å². The van der Waals surface area contributed by atoms with Gasteiger partial charge in [-0.1, -0.05) is 139 Å². The summed E-state index contributed by atoms with van der Waals surface area (Å²) in [5.74, 6) is -0.584. The number of likely N-dealkylation sites (N-methyl/N-ethyl adjacent to an activating group) is 1. The number of benzene rings is 4. The first-order chi connectivity index (χ1) is 21.6. The Hall–Kier alpha value is -2.94. The van der Waals surface area contributed by atoms with Gasteiger partial charge in [0.1, 0.15) is 0 Å². The predicted octanol–water partition coefficient (Wildman–Crippen LogP) is 7.76. The average Bonchev–Trinajstić information content (AvgIpc) is 3.05. The number of aliphatic hydroxyl groups excluding tert-OH is 1. The van der Waals surface area contributed by atoms with Gasteiger partial charge in [0.25, 0.3) is 9.70 Å². The third kappa shape index (κ3) is 8.87. The Labute approximate surface area is 279 Å². The Kier molecular flexibility index (Phi) is 11.2. The zero-order valence-electron chi connectivity index (χ0n) is 25.2. The van der Waals surface area contributed by atoms with E-state index < -0.39 is 16.0 Å². The molecule has 6 nitrogen and oxygen atoms in total. The number of carbonyl (C=O) groups is 1. The van der Waals surface area contributed by atoms with Crippen LogP contribution >= 0.6 is 34.8 Å². The van der Waals surface area contributed by atoms with Crippen LogP contribution in [-0.4, -0.2) is 39.4 Å². The fourth-order valence-electron chi connectivity index (χ4n) is 5.57. The molecular weight excluding hydrogens is 631 g/mol. The monoisotopic (exact) mass is 666 g/mol. The van der Waals surface area contributed by atoms with E-state index in [1.54, 1.807) is 0 Å². The third-order valence-corrected chi connectivity index (χ3v) is 8.58. The molecule has 0 aromatic heterocycles. The van der Waals surface area contributed by atoms with Gasteiger partial charge in [-0.25, -0.2) is 0 Å². The number of rotatable bonds is 10. The minimum atomic E-state index is -2.01. The Morgan fingerprint density at radius 1 is 0.822 bits per heavy atom. The molecule has 1 saturated heterocycles. The summed E-state index contributed by atoms with van der Waals surface area (Å²) in [6, 6.07) is 34.4. The van der Waals surface area contributed by atoms with Gasteiger partial charge in [-0.05, 0) is 46.5 Å². The molecule has 4 atom stereocenters. The van der Waals surface area contributed by atoms with Crippen molar-refractivity contribution in [2.75, 3.05) is 13.6 Å². The van der Waals surface area contributed by atoms with E-state index in [-0.39, 0.29) is 31.3 Å².